The Morgan fingerprint density at radius 2 is 1.90 bits per heavy atom. The van der Waals surface area contributed by atoms with Crippen LogP contribution < -0.4 is 0 Å². The summed E-state index contributed by atoms with van der Waals surface area (Å²) in [6.07, 6.45) is 0. The molecule has 3 nitrogen and oxygen atoms in total. The average Bonchev–Trinajstić information content (AvgIpc) is 2.42. The summed E-state index contributed by atoms with van der Waals surface area (Å²) in [5, 5.41) is 1.82. The Morgan fingerprint density at radius 1 is 1.15 bits per heavy atom. The van der Waals surface area contributed by atoms with Gasteiger partial charge in [-0.25, -0.2) is 4.98 Å². The molecule has 1 aliphatic rings. The lowest BCUT2D eigenvalue weighted by Gasteiger charge is -2.32. The molecular weight excluding hydrogens is 270 g/mol. The maximum Gasteiger partial charge on any atom is 0.134 e. The van der Waals surface area contributed by atoms with Crippen molar-refractivity contribution in [3.8, 4) is 0 Å². The largest absolute Gasteiger partial charge is 0.304 e. The molecule has 1 aromatic heterocycles. The highest BCUT2D eigenvalue weighted by Crippen LogP contribution is 2.23. The summed E-state index contributed by atoms with van der Waals surface area (Å²) in [7, 11) is 2.17. The molecule has 20 heavy (non-hydrogen) atoms. The van der Waals surface area contributed by atoms with Gasteiger partial charge in [0, 0.05) is 43.7 Å². The molecule has 2 aromatic rings. The van der Waals surface area contributed by atoms with Crippen LogP contribution >= 0.6 is 11.6 Å². The SMILES string of the molecule is Cc1ccc2nc(Cl)c(CN3CCN(C)CC3)cc2c1. The summed E-state index contributed by atoms with van der Waals surface area (Å²) in [6.45, 7) is 7.44. The molecule has 1 fully saturated rings. The summed E-state index contributed by atoms with van der Waals surface area (Å²) in [4.78, 5) is 9.34. The van der Waals surface area contributed by atoms with E-state index in [2.05, 4.69) is 47.0 Å². The Bertz CT molecular complexity index is 618. The zero-order valence-corrected chi connectivity index (χ0v) is 12.8. The maximum atomic E-state index is 6.34. The van der Waals surface area contributed by atoms with Crippen molar-refractivity contribution in [2.75, 3.05) is 33.2 Å². The molecular formula is C16H20ClN3. The molecule has 106 valence electrons. The van der Waals surface area contributed by atoms with Crippen molar-refractivity contribution in [2.45, 2.75) is 13.5 Å². The van der Waals surface area contributed by atoms with Crippen LogP contribution in [0.1, 0.15) is 11.1 Å². The predicted octanol–water partition coefficient (Wildman–Crippen LogP) is 2.94. The number of nitrogens with zero attached hydrogens (tertiary/aromatic N) is 3. The Hall–Kier alpha value is -1.16. The highest BCUT2D eigenvalue weighted by atomic mass is 35.5. The number of rotatable bonds is 2. The van der Waals surface area contributed by atoms with Crippen molar-refractivity contribution >= 4 is 22.5 Å². The Morgan fingerprint density at radius 3 is 2.65 bits per heavy atom. The van der Waals surface area contributed by atoms with Crippen LogP contribution in [-0.2, 0) is 6.54 Å². The summed E-state index contributed by atoms with van der Waals surface area (Å²) >= 11 is 6.34. The van der Waals surface area contributed by atoms with Crippen molar-refractivity contribution < 1.29 is 0 Å². The smallest absolute Gasteiger partial charge is 0.134 e. The molecule has 4 heteroatoms. The van der Waals surface area contributed by atoms with Crippen LogP contribution in [0.25, 0.3) is 10.9 Å². The number of hydrogen-bond acceptors (Lipinski definition) is 3. The highest BCUT2D eigenvalue weighted by molar-refractivity contribution is 6.30. The Labute approximate surface area is 125 Å². The number of halogens is 1. The van der Waals surface area contributed by atoms with E-state index in [1.54, 1.807) is 0 Å². The first kappa shape index (κ1) is 13.8. The lowest BCUT2D eigenvalue weighted by atomic mass is 10.1. The number of aryl methyl sites for hydroxylation is 1. The fraction of sp³-hybridized carbons (Fsp3) is 0.438. The second-order valence-electron chi connectivity index (χ2n) is 5.71. The molecule has 0 aliphatic carbocycles. The van der Waals surface area contributed by atoms with Crippen LogP contribution in [0.5, 0.6) is 0 Å². The van der Waals surface area contributed by atoms with Crippen molar-refractivity contribution in [1.82, 2.24) is 14.8 Å². The molecule has 1 aliphatic heterocycles. The lowest BCUT2D eigenvalue weighted by Crippen LogP contribution is -2.43. The van der Waals surface area contributed by atoms with Crippen LogP contribution in [0.15, 0.2) is 24.3 Å². The third-order valence-electron chi connectivity index (χ3n) is 3.99. The minimum absolute atomic E-state index is 0.639. The number of likely N-dealkylation sites (N-methyl/N-ethyl adjacent to an activating group) is 1. The van der Waals surface area contributed by atoms with Gasteiger partial charge in [0.15, 0.2) is 0 Å². The van der Waals surface area contributed by atoms with Crippen LogP contribution in [0.4, 0.5) is 0 Å². The van der Waals surface area contributed by atoms with Gasteiger partial charge in [-0.15, -0.1) is 0 Å². The van der Waals surface area contributed by atoms with Gasteiger partial charge in [0.05, 0.1) is 5.52 Å². The first-order chi connectivity index (χ1) is 9.61. The first-order valence-corrected chi connectivity index (χ1v) is 7.46. The standard InChI is InChI=1S/C16H20ClN3/c1-12-3-4-15-13(9-12)10-14(16(17)18-15)11-20-7-5-19(2)6-8-20/h3-4,9-10H,5-8,11H2,1-2H3. The molecule has 0 amide bonds. The van der Waals surface area contributed by atoms with Gasteiger partial charge in [-0.1, -0.05) is 23.2 Å². The molecule has 0 unspecified atom stereocenters. The first-order valence-electron chi connectivity index (χ1n) is 7.08. The molecule has 0 atom stereocenters. The summed E-state index contributed by atoms with van der Waals surface area (Å²) in [5.41, 5.74) is 3.37. The predicted molar refractivity (Wildman–Crippen MR) is 84.3 cm³/mol. The van der Waals surface area contributed by atoms with E-state index in [1.165, 1.54) is 10.9 Å². The number of pyridine rings is 1. The van der Waals surface area contributed by atoms with Crippen LogP contribution in [-0.4, -0.2) is 48.0 Å². The second kappa shape index (κ2) is 5.68. The van der Waals surface area contributed by atoms with Crippen molar-refractivity contribution in [3.05, 3.63) is 40.5 Å². The zero-order valence-electron chi connectivity index (χ0n) is 12.1. The Kier molecular flexibility index (Phi) is 3.92. The number of fused-ring (bicyclic) bond motifs is 1. The van der Waals surface area contributed by atoms with Crippen LogP contribution in [0, 0.1) is 6.92 Å². The number of benzene rings is 1. The van der Waals surface area contributed by atoms with Gasteiger partial charge in [-0.05, 0) is 32.2 Å². The minimum Gasteiger partial charge on any atom is -0.304 e. The van der Waals surface area contributed by atoms with Gasteiger partial charge in [0.1, 0.15) is 5.15 Å². The number of hydrogen-bond donors (Lipinski definition) is 0. The van der Waals surface area contributed by atoms with Crippen molar-refractivity contribution in [2.24, 2.45) is 0 Å². The molecule has 2 heterocycles. The van der Waals surface area contributed by atoms with Crippen LogP contribution in [0.3, 0.4) is 0 Å². The van der Waals surface area contributed by atoms with E-state index in [1.807, 2.05) is 6.07 Å². The maximum absolute atomic E-state index is 6.34. The summed E-state index contributed by atoms with van der Waals surface area (Å²) < 4.78 is 0. The fourth-order valence-electron chi connectivity index (χ4n) is 2.67. The van der Waals surface area contributed by atoms with Crippen molar-refractivity contribution in [1.29, 1.82) is 0 Å². The lowest BCUT2D eigenvalue weighted by molar-refractivity contribution is 0.148. The molecule has 0 radical (unpaired) electrons. The zero-order chi connectivity index (χ0) is 14.1. The van der Waals surface area contributed by atoms with E-state index in [4.69, 9.17) is 11.6 Å². The molecule has 1 aromatic carbocycles. The van der Waals surface area contributed by atoms with Gasteiger partial charge in [-0.2, -0.15) is 0 Å². The van der Waals surface area contributed by atoms with Gasteiger partial charge in [0.2, 0.25) is 0 Å². The van der Waals surface area contributed by atoms with Crippen LogP contribution in [0.2, 0.25) is 5.15 Å². The highest BCUT2D eigenvalue weighted by Gasteiger charge is 2.15. The van der Waals surface area contributed by atoms with Gasteiger partial charge >= 0.3 is 0 Å². The van der Waals surface area contributed by atoms with Gasteiger partial charge < -0.3 is 4.90 Å². The topological polar surface area (TPSA) is 19.4 Å². The molecule has 0 spiro atoms. The second-order valence-corrected chi connectivity index (χ2v) is 6.07. The molecule has 0 N–H and O–H groups in total. The van der Waals surface area contributed by atoms with E-state index < -0.39 is 0 Å². The monoisotopic (exact) mass is 289 g/mol. The fourth-order valence-corrected chi connectivity index (χ4v) is 2.88. The van der Waals surface area contributed by atoms with E-state index in [-0.39, 0.29) is 0 Å². The minimum atomic E-state index is 0.639. The third-order valence-corrected chi connectivity index (χ3v) is 4.31. The molecule has 0 saturated carbocycles. The molecule has 0 bridgehead atoms. The summed E-state index contributed by atoms with van der Waals surface area (Å²) in [5.74, 6) is 0. The summed E-state index contributed by atoms with van der Waals surface area (Å²) in [6, 6.07) is 8.48. The number of aromatic nitrogens is 1. The molecule has 3 rings (SSSR count). The normalized spacial score (nSPS) is 17.8. The quantitative estimate of drug-likeness (QED) is 0.793. The number of piperazine rings is 1. The average molecular weight is 290 g/mol. The molecule has 1 saturated heterocycles. The van der Waals surface area contributed by atoms with E-state index in [0.29, 0.717) is 5.15 Å². The van der Waals surface area contributed by atoms with E-state index in [0.717, 1.165) is 43.8 Å². The van der Waals surface area contributed by atoms with Gasteiger partial charge in [-0.3, -0.25) is 4.90 Å². The van der Waals surface area contributed by atoms with E-state index >= 15 is 0 Å². The van der Waals surface area contributed by atoms with Crippen molar-refractivity contribution in [3.63, 3.8) is 0 Å². The van der Waals surface area contributed by atoms with E-state index in [9.17, 15) is 0 Å². The third kappa shape index (κ3) is 2.95. The van der Waals surface area contributed by atoms with Gasteiger partial charge in [0.25, 0.3) is 0 Å². The Balaban J connectivity index is 1.85.